The lowest BCUT2D eigenvalue weighted by Gasteiger charge is -2.28. The van der Waals surface area contributed by atoms with Gasteiger partial charge in [-0.25, -0.2) is 4.98 Å². The van der Waals surface area contributed by atoms with Gasteiger partial charge in [0.1, 0.15) is 27.3 Å². The van der Waals surface area contributed by atoms with Crippen LogP contribution in [0.5, 0.6) is 5.75 Å². The molecule has 0 atom stereocenters. The van der Waals surface area contributed by atoms with Gasteiger partial charge in [0.05, 0.1) is 23.6 Å². The van der Waals surface area contributed by atoms with E-state index in [2.05, 4.69) is 10.3 Å². The smallest absolute Gasteiger partial charge is 0.254 e. The highest BCUT2D eigenvalue weighted by atomic mass is 35.5. The van der Waals surface area contributed by atoms with Gasteiger partial charge in [-0.3, -0.25) is 9.59 Å². The molecule has 0 saturated carbocycles. The van der Waals surface area contributed by atoms with Crippen LogP contribution < -0.4 is 15.8 Å². The fraction of sp³-hybridized carbons (Fsp3) is 0.222. The minimum atomic E-state index is -0.709. The third-order valence-electron chi connectivity index (χ3n) is 6.01. The molecule has 3 aromatic rings. The molecule has 0 aliphatic carbocycles. The van der Waals surface area contributed by atoms with Gasteiger partial charge in [0.15, 0.2) is 0 Å². The number of ether oxygens (including phenoxy) is 2. The maximum atomic E-state index is 12.7. The molecule has 3 N–H and O–H groups in total. The highest BCUT2D eigenvalue weighted by molar-refractivity contribution is 6.40. The van der Waals surface area contributed by atoms with Crippen molar-refractivity contribution in [2.24, 2.45) is 0 Å². The molecular weight excluding hydrogens is 501 g/mol. The van der Waals surface area contributed by atoms with Crippen LogP contribution in [0.25, 0.3) is 17.2 Å². The number of hydrogen-bond acceptors (Lipinski definition) is 6. The van der Waals surface area contributed by atoms with E-state index < -0.39 is 5.40 Å². The van der Waals surface area contributed by atoms with Crippen LogP contribution in [0.2, 0.25) is 5.02 Å². The van der Waals surface area contributed by atoms with Crippen LogP contribution in [0.3, 0.4) is 0 Å². The SMILES string of the molecule is BC(B)(CNC(=O)/C=C/c1ccc(N)nc1)Oc1ccc(-c2ccc(C(=O)N3CCOCC3)cc2)cc1Cl. The van der Waals surface area contributed by atoms with Gasteiger partial charge < -0.3 is 25.4 Å². The zero-order valence-electron chi connectivity index (χ0n) is 21.4. The van der Waals surface area contributed by atoms with Crippen molar-refractivity contribution >= 4 is 51.0 Å². The summed E-state index contributed by atoms with van der Waals surface area (Å²) in [5.41, 5.74) is 8.83. The number of carbonyl (C=O) groups is 2. The lowest BCUT2D eigenvalue weighted by atomic mass is 9.65. The van der Waals surface area contributed by atoms with Crippen LogP contribution >= 0.6 is 11.6 Å². The number of amides is 2. The largest absolute Gasteiger partial charge is 0.502 e. The summed E-state index contributed by atoms with van der Waals surface area (Å²) in [6, 6.07) is 16.5. The Bertz CT molecular complexity index is 1310. The van der Waals surface area contributed by atoms with Crippen molar-refractivity contribution in [3.8, 4) is 16.9 Å². The van der Waals surface area contributed by atoms with E-state index in [-0.39, 0.29) is 18.4 Å². The summed E-state index contributed by atoms with van der Waals surface area (Å²) in [6.45, 7) is 2.62. The molecule has 4 rings (SSSR count). The summed E-state index contributed by atoms with van der Waals surface area (Å²) in [7, 11) is 3.74. The average molecular weight is 531 g/mol. The summed E-state index contributed by atoms with van der Waals surface area (Å²) in [4.78, 5) is 30.7. The van der Waals surface area contributed by atoms with Crippen LogP contribution in [0.15, 0.2) is 66.9 Å². The summed E-state index contributed by atoms with van der Waals surface area (Å²) < 4.78 is 11.4. The molecule has 1 aliphatic rings. The normalized spacial score (nSPS) is 13.9. The number of benzene rings is 2. The molecule has 0 spiro atoms. The van der Waals surface area contributed by atoms with Crippen molar-refractivity contribution in [1.29, 1.82) is 0 Å². The molecule has 8 nitrogen and oxygen atoms in total. The highest BCUT2D eigenvalue weighted by Crippen LogP contribution is 2.32. The zero-order valence-corrected chi connectivity index (χ0v) is 22.2. The first-order valence-electron chi connectivity index (χ1n) is 12.3. The molecule has 1 aromatic heterocycles. The first-order valence-corrected chi connectivity index (χ1v) is 12.7. The van der Waals surface area contributed by atoms with Gasteiger partial charge in [-0.2, -0.15) is 0 Å². The first kappa shape index (κ1) is 27.3. The highest BCUT2D eigenvalue weighted by Gasteiger charge is 2.22. The number of nitrogens with one attached hydrogen (secondary N) is 1. The number of morpholine rings is 1. The molecule has 38 heavy (non-hydrogen) atoms. The molecule has 1 aliphatic heterocycles. The summed E-state index contributed by atoms with van der Waals surface area (Å²) in [5.74, 6) is 0.688. The summed E-state index contributed by atoms with van der Waals surface area (Å²) in [6.07, 6.45) is 4.69. The Balaban J connectivity index is 1.33. The van der Waals surface area contributed by atoms with Gasteiger partial charge >= 0.3 is 0 Å². The third-order valence-corrected chi connectivity index (χ3v) is 6.30. The number of nitrogens with zero attached hydrogens (tertiary/aromatic N) is 2. The Morgan fingerprint density at radius 1 is 1.11 bits per heavy atom. The summed E-state index contributed by atoms with van der Waals surface area (Å²) >= 11 is 6.55. The van der Waals surface area contributed by atoms with Gasteiger partial charge in [-0.15, -0.1) is 0 Å². The van der Waals surface area contributed by atoms with Gasteiger partial charge in [-0.05, 0) is 59.2 Å². The second kappa shape index (κ2) is 12.2. The molecule has 1 saturated heterocycles. The van der Waals surface area contributed by atoms with Crippen molar-refractivity contribution in [1.82, 2.24) is 15.2 Å². The van der Waals surface area contributed by atoms with E-state index in [0.717, 1.165) is 16.7 Å². The second-order valence-electron chi connectivity index (χ2n) is 9.56. The standard InChI is InChI=1S/C27H29B2ClN4O4/c28-27(29,17-33-25(35)10-2-18-1-9-24(31)32-16-18)38-23-8-7-21(15-22(23)30)19-3-5-20(6-4-19)26(36)34-11-13-37-14-12-34/h1-10,15-16H,11-14,17,28-29H2,(H2,31,32)(H,33,35)/b10-2+. The van der Waals surface area contributed by atoms with Gasteiger partial charge in [-0.1, -0.05) is 29.8 Å². The number of nitrogens with two attached hydrogens (primary N) is 1. The third kappa shape index (κ3) is 7.40. The quantitative estimate of drug-likeness (QED) is 0.338. The molecule has 0 unspecified atom stereocenters. The van der Waals surface area contributed by atoms with Crippen LogP contribution in [0.4, 0.5) is 5.82 Å². The molecule has 11 heteroatoms. The second-order valence-corrected chi connectivity index (χ2v) is 9.96. The molecule has 194 valence electrons. The Labute approximate surface area is 229 Å². The molecular formula is C27H29B2ClN4O4. The monoisotopic (exact) mass is 530 g/mol. The molecule has 0 radical (unpaired) electrons. The molecule has 2 heterocycles. The van der Waals surface area contributed by atoms with Crippen molar-refractivity contribution in [2.75, 3.05) is 38.6 Å². The van der Waals surface area contributed by atoms with Crippen LogP contribution in [0, 0.1) is 0 Å². The number of carbonyl (C=O) groups excluding carboxylic acids is 2. The Kier molecular flexibility index (Phi) is 8.76. The molecule has 1 fully saturated rings. The minimum Gasteiger partial charge on any atom is -0.502 e. The van der Waals surface area contributed by atoms with Crippen molar-refractivity contribution in [3.63, 3.8) is 0 Å². The Morgan fingerprint density at radius 3 is 2.47 bits per heavy atom. The zero-order chi connectivity index (χ0) is 27.1. The maximum absolute atomic E-state index is 12.7. The van der Waals surface area contributed by atoms with E-state index in [1.54, 1.807) is 29.3 Å². The fourth-order valence-electron chi connectivity index (χ4n) is 3.90. The summed E-state index contributed by atoms with van der Waals surface area (Å²) in [5, 5.41) is 2.58. The van der Waals surface area contributed by atoms with E-state index >= 15 is 0 Å². The first-order chi connectivity index (χ1) is 18.2. The number of rotatable bonds is 8. The van der Waals surface area contributed by atoms with Crippen molar-refractivity contribution in [3.05, 3.63) is 83.0 Å². The number of halogens is 1. The average Bonchev–Trinajstić information content (AvgIpc) is 2.93. The number of anilines is 1. The minimum absolute atomic E-state index is 0.00806. The number of aromatic nitrogens is 1. The van der Waals surface area contributed by atoms with Gasteiger partial charge in [0.2, 0.25) is 5.91 Å². The molecule has 2 amide bonds. The van der Waals surface area contributed by atoms with E-state index in [9.17, 15) is 9.59 Å². The number of nitrogen functional groups attached to an aromatic ring is 1. The topological polar surface area (TPSA) is 107 Å². The fourth-order valence-corrected chi connectivity index (χ4v) is 4.12. The maximum Gasteiger partial charge on any atom is 0.254 e. The number of pyridine rings is 1. The lowest BCUT2D eigenvalue weighted by molar-refractivity contribution is -0.116. The van der Waals surface area contributed by atoms with E-state index in [1.807, 2.05) is 58.2 Å². The van der Waals surface area contributed by atoms with E-state index in [1.165, 1.54) is 6.08 Å². The Hall–Kier alpha value is -3.75. The van der Waals surface area contributed by atoms with Crippen molar-refractivity contribution < 1.29 is 19.1 Å². The van der Waals surface area contributed by atoms with Gasteiger partial charge in [0.25, 0.3) is 5.91 Å². The van der Waals surface area contributed by atoms with Crippen molar-refractivity contribution in [2.45, 2.75) is 5.40 Å². The predicted molar refractivity (Wildman–Crippen MR) is 155 cm³/mol. The number of hydrogen-bond donors (Lipinski definition) is 2. The van der Waals surface area contributed by atoms with Crippen LogP contribution in [-0.2, 0) is 9.53 Å². The molecule has 0 bridgehead atoms. The van der Waals surface area contributed by atoms with E-state index in [0.29, 0.717) is 48.5 Å². The predicted octanol–water partition coefficient (Wildman–Crippen LogP) is 1.58. The van der Waals surface area contributed by atoms with E-state index in [4.69, 9.17) is 26.8 Å². The van der Waals surface area contributed by atoms with Crippen LogP contribution in [-0.4, -0.2) is 75.6 Å². The lowest BCUT2D eigenvalue weighted by Crippen LogP contribution is -2.48. The van der Waals surface area contributed by atoms with Gasteiger partial charge in [0, 0.05) is 37.5 Å². The van der Waals surface area contributed by atoms with Crippen LogP contribution in [0.1, 0.15) is 15.9 Å². The Morgan fingerprint density at radius 2 is 1.82 bits per heavy atom. The molecule has 2 aromatic carbocycles.